The highest BCUT2D eigenvalue weighted by molar-refractivity contribution is 5.24. The van der Waals surface area contributed by atoms with Gasteiger partial charge < -0.3 is 0 Å². The SMILES string of the molecule is Cc1cc(C)c(C[NH])cn1. The van der Waals surface area contributed by atoms with Crippen LogP contribution in [0, 0.1) is 13.8 Å². The van der Waals surface area contributed by atoms with Crippen molar-refractivity contribution in [2.45, 2.75) is 20.4 Å². The molecule has 1 aromatic heterocycles. The summed E-state index contributed by atoms with van der Waals surface area (Å²) in [6.45, 7) is 4.30. The fourth-order valence-corrected chi connectivity index (χ4v) is 0.910. The lowest BCUT2D eigenvalue weighted by Crippen LogP contribution is -1.92. The molecule has 0 unspecified atom stereocenters. The Labute approximate surface area is 61.1 Å². The Hall–Kier alpha value is -0.890. The van der Waals surface area contributed by atoms with Crippen molar-refractivity contribution in [2.24, 2.45) is 0 Å². The summed E-state index contributed by atoms with van der Waals surface area (Å²) in [6.07, 6.45) is 1.78. The lowest BCUT2D eigenvalue weighted by Gasteiger charge is -2.00. The van der Waals surface area contributed by atoms with Gasteiger partial charge in [0.2, 0.25) is 0 Å². The predicted molar refractivity (Wildman–Crippen MR) is 40.5 cm³/mol. The fraction of sp³-hybridized carbons (Fsp3) is 0.375. The van der Waals surface area contributed by atoms with E-state index in [2.05, 4.69) is 4.98 Å². The molecule has 0 spiro atoms. The van der Waals surface area contributed by atoms with Crippen molar-refractivity contribution in [3.05, 3.63) is 29.1 Å². The van der Waals surface area contributed by atoms with Crippen molar-refractivity contribution in [3.63, 3.8) is 0 Å². The smallest absolute Gasteiger partial charge is 0.0375 e. The first-order valence-electron chi connectivity index (χ1n) is 3.30. The van der Waals surface area contributed by atoms with E-state index in [9.17, 15) is 0 Å². The van der Waals surface area contributed by atoms with Crippen LogP contribution in [0.4, 0.5) is 0 Å². The first-order chi connectivity index (χ1) is 4.74. The standard InChI is InChI=1S/C8H11N2/c1-6-3-7(2)10-5-8(6)4-9/h3,5,9H,4H2,1-2H3. The molecule has 0 aromatic carbocycles. The van der Waals surface area contributed by atoms with Crippen LogP contribution >= 0.6 is 0 Å². The van der Waals surface area contributed by atoms with Gasteiger partial charge in [-0.15, -0.1) is 0 Å². The molecule has 1 N–H and O–H groups in total. The number of pyridine rings is 1. The third-order valence-electron chi connectivity index (χ3n) is 1.55. The Morgan fingerprint density at radius 2 is 2.20 bits per heavy atom. The van der Waals surface area contributed by atoms with Gasteiger partial charge in [-0.3, -0.25) is 10.7 Å². The van der Waals surface area contributed by atoms with Crippen molar-refractivity contribution in [1.82, 2.24) is 10.7 Å². The van der Waals surface area contributed by atoms with Crippen molar-refractivity contribution in [2.75, 3.05) is 0 Å². The first kappa shape index (κ1) is 7.22. The Morgan fingerprint density at radius 3 is 2.70 bits per heavy atom. The largest absolute Gasteiger partial charge is 0.261 e. The topological polar surface area (TPSA) is 36.7 Å². The second-order valence-electron chi connectivity index (χ2n) is 2.43. The predicted octanol–water partition coefficient (Wildman–Crippen LogP) is 1.48. The van der Waals surface area contributed by atoms with E-state index in [4.69, 9.17) is 5.73 Å². The molecule has 0 bridgehead atoms. The number of hydrogen-bond acceptors (Lipinski definition) is 1. The molecule has 10 heavy (non-hydrogen) atoms. The number of aromatic nitrogens is 1. The van der Waals surface area contributed by atoms with Crippen LogP contribution < -0.4 is 5.73 Å². The van der Waals surface area contributed by atoms with Gasteiger partial charge in [0.25, 0.3) is 0 Å². The number of aryl methyl sites for hydroxylation is 2. The van der Waals surface area contributed by atoms with Gasteiger partial charge >= 0.3 is 0 Å². The Kier molecular flexibility index (Phi) is 2.02. The molecular weight excluding hydrogens is 124 g/mol. The second-order valence-corrected chi connectivity index (χ2v) is 2.43. The summed E-state index contributed by atoms with van der Waals surface area (Å²) in [6, 6.07) is 2.00. The van der Waals surface area contributed by atoms with Crippen molar-refractivity contribution in [1.29, 1.82) is 0 Å². The molecule has 1 heterocycles. The molecule has 2 heteroatoms. The molecule has 0 aliphatic heterocycles. The number of nitrogens with one attached hydrogen (secondary N) is 1. The number of hydrogen-bond donors (Lipinski definition) is 0. The van der Waals surface area contributed by atoms with Crippen LogP contribution in [0.5, 0.6) is 0 Å². The van der Waals surface area contributed by atoms with Gasteiger partial charge in [-0.25, -0.2) is 0 Å². The highest BCUT2D eigenvalue weighted by atomic mass is 14.7. The van der Waals surface area contributed by atoms with E-state index in [-0.39, 0.29) is 0 Å². The minimum atomic E-state index is 0.332. The lowest BCUT2D eigenvalue weighted by molar-refractivity contribution is 0.980. The Balaban J connectivity index is 3.07. The average molecular weight is 135 g/mol. The van der Waals surface area contributed by atoms with Crippen LogP contribution in [0.1, 0.15) is 16.8 Å². The number of rotatable bonds is 1. The van der Waals surface area contributed by atoms with Crippen molar-refractivity contribution >= 4 is 0 Å². The molecule has 1 radical (unpaired) electrons. The van der Waals surface area contributed by atoms with E-state index < -0.39 is 0 Å². The average Bonchev–Trinajstić information content (AvgIpc) is 1.88. The van der Waals surface area contributed by atoms with Gasteiger partial charge in [0.05, 0.1) is 0 Å². The lowest BCUT2D eigenvalue weighted by atomic mass is 10.1. The molecule has 2 nitrogen and oxygen atoms in total. The summed E-state index contributed by atoms with van der Waals surface area (Å²) in [4.78, 5) is 4.09. The van der Waals surface area contributed by atoms with Crippen LogP contribution in [-0.4, -0.2) is 4.98 Å². The molecular formula is C8H11N2. The molecule has 0 aliphatic rings. The van der Waals surface area contributed by atoms with Crippen molar-refractivity contribution in [3.8, 4) is 0 Å². The van der Waals surface area contributed by atoms with Crippen LogP contribution in [0.15, 0.2) is 12.3 Å². The molecule has 0 fully saturated rings. The van der Waals surface area contributed by atoms with E-state index >= 15 is 0 Å². The quantitative estimate of drug-likeness (QED) is 0.574. The maximum absolute atomic E-state index is 7.12. The minimum Gasteiger partial charge on any atom is -0.261 e. The van der Waals surface area contributed by atoms with E-state index in [1.807, 2.05) is 19.9 Å². The van der Waals surface area contributed by atoms with E-state index in [1.165, 1.54) is 5.56 Å². The van der Waals surface area contributed by atoms with Crippen LogP contribution in [0.2, 0.25) is 0 Å². The molecule has 1 aromatic rings. The summed E-state index contributed by atoms with van der Waals surface area (Å²) in [5, 5.41) is 0. The van der Waals surface area contributed by atoms with Gasteiger partial charge in [-0.1, -0.05) is 0 Å². The molecule has 53 valence electrons. The minimum absolute atomic E-state index is 0.332. The van der Waals surface area contributed by atoms with E-state index in [0.717, 1.165) is 11.3 Å². The zero-order valence-corrected chi connectivity index (χ0v) is 6.31. The highest BCUT2D eigenvalue weighted by Gasteiger charge is 1.95. The van der Waals surface area contributed by atoms with E-state index in [1.54, 1.807) is 6.20 Å². The summed E-state index contributed by atoms with van der Waals surface area (Å²) in [5.41, 5.74) is 10.3. The maximum Gasteiger partial charge on any atom is 0.0375 e. The Morgan fingerprint density at radius 1 is 1.50 bits per heavy atom. The summed E-state index contributed by atoms with van der Waals surface area (Å²) >= 11 is 0. The third kappa shape index (κ3) is 1.33. The zero-order chi connectivity index (χ0) is 7.56. The van der Waals surface area contributed by atoms with Crippen LogP contribution in [-0.2, 0) is 6.54 Å². The van der Waals surface area contributed by atoms with Gasteiger partial charge in [0.15, 0.2) is 0 Å². The maximum atomic E-state index is 7.12. The molecule has 0 amide bonds. The van der Waals surface area contributed by atoms with E-state index in [0.29, 0.717) is 6.54 Å². The molecule has 0 aliphatic carbocycles. The third-order valence-corrected chi connectivity index (χ3v) is 1.55. The summed E-state index contributed by atoms with van der Waals surface area (Å²) in [5.74, 6) is 0. The molecule has 0 saturated carbocycles. The molecule has 1 rings (SSSR count). The van der Waals surface area contributed by atoms with Gasteiger partial charge in [-0.2, -0.15) is 0 Å². The normalized spacial score (nSPS) is 9.90. The second kappa shape index (κ2) is 2.80. The van der Waals surface area contributed by atoms with Crippen molar-refractivity contribution < 1.29 is 0 Å². The fourth-order valence-electron chi connectivity index (χ4n) is 0.910. The summed E-state index contributed by atoms with van der Waals surface area (Å²) < 4.78 is 0. The summed E-state index contributed by atoms with van der Waals surface area (Å²) in [7, 11) is 0. The highest BCUT2D eigenvalue weighted by Crippen LogP contribution is 2.06. The van der Waals surface area contributed by atoms with Crippen LogP contribution in [0.3, 0.4) is 0 Å². The Bertz CT molecular complexity index is 231. The van der Waals surface area contributed by atoms with Gasteiger partial charge in [0, 0.05) is 18.4 Å². The number of nitrogens with zero attached hydrogens (tertiary/aromatic N) is 1. The first-order valence-corrected chi connectivity index (χ1v) is 3.30. The molecule has 0 saturated heterocycles. The monoisotopic (exact) mass is 135 g/mol. The van der Waals surface area contributed by atoms with Gasteiger partial charge in [-0.05, 0) is 31.0 Å². The van der Waals surface area contributed by atoms with Gasteiger partial charge in [0.1, 0.15) is 0 Å². The molecule has 0 atom stereocenters. The zero-order valence-electron chi connectivity index (χ0n) is 6.31. The van der Waals surface area contributed by atoms with Crippen LogP contribution in [0.25, 0.3) is 0 Å².